The molecular formula is C13H25NO2. The van der Waals surface area contributed by atoms with Crippen LogP contribution in [0, 0.1) is 5.92 Å². The zero-order valence-electron chi connectivity index (χ0n) is 10.3. The summed E-state index contributed by atoms with van der Waals surface area (Å²) in [5.41, 5.74) is 0. The minimum Gasteiger partial charge on any atom is -0.393 e. The third kappa shape index (κ3) is 3.19. The van der Waals surface area contributed by atoms with E-state index in [1.807, 2.05) is 0 Å². The van der Waals surface area contributed by atoms with Crippen LogP contribution in [0.25, 0.3) is 0 Å². The van der Waals surface area contributed by atoms with E-state index in [9.17, 15) is 5.11 Å². The van der Waals surface area contributed by atoms with Gasteiger partial charge in [-0.25, -0.2) is 0 Å². The van der Waals surface area contributed by atoms with E-state index in [2.05, 4.69) is 12.2 Å². The molecule has 0 aromatic carbocycles. The predicted molar refractivity (Wildman–Crippen MR) is 64.4 cm³/mol. The second kappa shape index (κ2) is 5.99. The van der Waals surface area contributed by atoms with Crippen LogP contribution in [0.2, 0.25) is 0 Å². The van der Waals surface area contributed by atoms with Gasteiger partial charge in [-0.3, -0.25) is 0 Å². The zero-order valence-corrected chi connectivity index (χ0v) is 10.3. The summed E-state index contributed by atoms with van der Waals surface area (Å²) in [6, 6.07) is 0.626. The zero-order chi connectivity index (χ0) is 11.4. The van der Waals surface area contributed by atoms with Gasteiger partial charge >= 0.3 is 0 Å². The van der Waals surface area contributed by atoms with Gasteiger partial charge in [0.05, 0.1) is 12.2 Å². The largest absolute Gasteiger partial charge is 0.393 e. The van der Waals surface area contributed by atoms with E-state index in [4.69, 9.17) is 4.74 Å². The Kier molecular flexibility index (Phi) is 4.62. The SMILES string of the molecule is CCC1OCCC1CNC1CCC(O)CC1. The van der Waals surface area contributed by atoms with Crippen molar-refractivity contribution < 1.29 is 9.84 Å². The Balaban J connectivity index is 1.67. The average molecular weight is 227 g/mol. The minimum absolute atomic E-state index is 0.0451. The van der Waals surface area contributed by atoms with E-state index < -0.39 is 0 Å². The Morgan fingerprint density at radius 3 is 2.62 bits per heavy atom. The number of nitrogens with one attached hydrogen (secondary N) is 1. The van der Waals surface area contributed by atoms with Gasteiger partial charge in [-0.2, -0.15) is 0 Å². The molecule has 2 N–H and O–H groups in total. The molecule has 1 saturated carbocycles. The molecule has 2 atom stereocenters. The lowest BCUT2D eigenvalue weighted by atomic mass is 9.92. The van der Waals surface area contributed by atoms with Crippen LogP contribution in [0.1, 0.15) is 45.4 Å². The molecule has 1 saturated heterocycles. The van der Waals surface area contributed by atoms with Crippen LogP contribution in [-0.2, 0) is 4.74 Å². The Hall–Kier alpha value is -0.120. The van der Waals surface area contributed by atoms with Crippen LogP contribution in [0.3, 0.4) is 0 Å². The fraction of sp³-hybridized carbons (Fsp3) is 1.00. The first kappa shape index (κ1) is 12.3. The summed E-state index contributed by atoms with van der Waals surface area (Å²) in [6.45, 7) is 4.24. The van der Waals surface area contributed by atoms with Crippen molar-refractivity contribution in [3.63, 3.8) is 0 Å². The molecule has 3 heteroatoms. The number of hydrogen-bond acceptors (Lipinski definition) is 3. The summed E-state index contributed by atoms with van der Waals surface area (Å²) in [7, 11) is 0. The Labute approximate surface area is 98.6 Å². The molecule has 3 nitrogen and oxygen atoms in total. The van der Waals surface area contributed by atoms with Gasteiger partial charge in [0.15, 0.2) is 0 Å². The first-order valence-electron chi connectivity index (χ1n) is 6.82. The quantitative estimate of drug-likeness (QED) is 0.768. The summed E-state index contributed by atoms with van der Waals surface area (Å²) in [5.74, 6) is 0.705. The van der Waals surface area contributed by atoms with Crippen molar-refractivity contribution in [2.24, 2.45) is 5.92 Å². The van der Waals surface area contributed by atoms with E-state index in [0.29, 0.717) is 18.1 Å². The van der Waals surface area contributed by atoms with E-state index in [1.54, 1.807) is 0 Å². The minimum atomic E-state index is -0.0451. The smallest absolute Gasteiger partial charge is 0.0613 e. The Morgan fingerprint density at radius 2 is 1.94 bits per heavy atom. The van der Waals surface area contributed by atoms with Crippen LogP contribution < -0.4 is 5.32 Å². The third-order valence-electron chi connectivity index (χ3n) is 4.11. The molecule has 2 rings (SSSR count). The molecular weight excluding hydrogens is 202 g/mol. The number of rotatable bonds is 4. The van der Waals surface area contributed by atoms with Gasteiger partial charge in [-0.15, -0.1) is 0 Å². The third-order valence-corrected chi connectivity index (χ3v) is 4.11. The van der Waals surface area contributed by atoms with Crippen molar-refractivity contribution in [1.29, 1.82) is 0 Å². The van der Waals surface area contributed by atoms with Crippen molar-refractivity contribution in [3.8, 4) is 0 Å². The van der Waals surface area contributed by atoms with Crippen LogP contribution >= 0.6 is 0 Å². The maximum absolute atomic E-state index is 9.44. The van der Waals surface area contributed by atoms with E-state index in [0.717, 1.165) is 45.3 Å². The molecule has 16 heavy (non-hydrogen) atoms. The van der Waals surface area contributed by atoms with E-state index >= 15 is 0 Å². The second-order valence-electron chi connectivity index (χ2n) is 5.28. The van der Waals surface area contributed by atoms with Gasteiger partial charge in [0.2, 0.25) is 0 Å². The number of aliphatic hydroxyl groups is 1. The molecule has 0 radical (unpaired) electrons. The van der Waals surface area contributed by atoms with Crippen LogP contribution in [0.15, 0.2) is 0 Å². The van der Waals surface area contributed by atoms with Gasteiger partial charge < -0.3 is 15.2 Å². The van der Waals surface area contributed by atoms with Crippen LogP contribution in [0.5, 0.6) is 0 Å². The van der Waals surface area contributed by atoms with E-state index in [1.165, 1.54) is 6.42 Å². The first-order chi connectivity index (χ1) is 7.79. The first-order valence-corrected chi connectivity index (χ1v) is 6.82. The summed E-state index contributed by atoms with van der Waals surface area (Å²) in [4.78, 5) is 0. The molecule has 0 aromatic heterocycles. The van der Waals surface area contributed by atoms with Gasteiger partial charge in [-0.1, -0.05) is 6.92 Å². The normalized spacial score (nSPS) is 40.1. The van der Waals surface area contributed by atoms with Crippen molar-refractivity contribution in [1.82, 2.24) is 5.32 Å². The maximum Gasteiger partial charge on any atom is 0.0613 e. The van der Waals surface area contributed by atoms with Crippen molar-refractivity contribution >= 4 is 0 Å². The molecule has 1 heterocycles. The van der Waals surface area contributed by atoms with Crippen molar-refractivity contribution in [2.45, 2.75) is 63.7 Å². The summed E-state index contributed by atoms with van der Waals surface area (Å²) in [6.07, 6.45) is 6.97. The molecule has 2 aliphatic rings. The van der Waals surface area contributed by atoms with Gasteiger partial charge in [0.1, 0.15) is 0 Å². The monoisotopic (exact) mass is 227 g/mol. The highest BCUT2D eigenvalue weighted by atomic mass is 16.5. The maximum atomic E-state index is 9.44. The Morgan fingerprint density at radius 1 is 1.19 bits per heavy atom. The molecule has 1 aliphatic carbocycles. The lowest BCUT2D eigenvalue weighted by Crippen LogP contribution is -2.39. The summed E-state index contributed by atoms with van der Waals surface area (Å²) in [5, 5.41) is 13.1. The summed E-state index contributed by atoms with van der Waals surface area (Å²) < 4.78 is 5.69. The standard InChI is InChI=1S/C13H25NO2/c1-2-13-10(7-8-16-13)9-14-11-3-5-12(15)6-4-11/h10-15H,2-9H2,1H3. The Bertz CT molecular complexity index is 202. The lowest BCUT2D eigenvalue weighted by molar-refractivity contribution is 0.0835. The molecule has 0 aromatic rings. The van der Waals surface area contributed by atoms with Gasteiger partial charge in [0.25, 0.3) is 0 Å². The number of aliphatic hydroxyl groups excluding tert-OH is 1. The molecule has 0 amide bonds. The highest BCUT2D eigenvalue weighted by Gasteiger charge is 2.27. The molecule has 0 spiro atoms. The van der Waals surface area contributed by atoms with Gasteiger partial charge in [-0.05, 0) is 44.4 Å². The molecule has 2 unspecified atom stereocenters. The predicted octanol–water partition coefficient (Wildman–Crippen LogP) is 1.69. The lowest BCUT2D eigenvalue weighted by Gasteiger charge is -2.28. The fourth-order valence-corrected chi connectivity index (χ4v) is 2.98. The second-order valence-corrected chi connectivity index (χ2v) is 5.28. The van der Waals surface area contributed by atoms with E-state index in [-0.39, 0.29) is 6.10 Å². The fourth-order valence-electron chi connectivity index (χ4n) is 2.98. The highest BCUT2D eigenvalue weighted by molar-refractivity contribution is 4.81. The summed E-state index contributed by atoms with van der Waals surface area (Å²) >= 11 is 0. The van der Waals surface area contributed by atoms with Crippen molar-refractivity contribution in [3.05, 3.63) is 0 Å². The molecule has 0 bridgehead atoms. The molecule has 1 aliphatic heterocycles. The van der Waals surface area contributed by atoms with Crippen LogP contribution in [0.4, 0.5) is 0 Å². The number of hydrogen-bond donors (Lipinski definition) is 2. The topological polar surface area (TPSA) is 41.5 Å². The van der Waals surface area contributed by atoms with Crippen LogP contribution in [-0.4, -0.2) is 36.5 Å². The highest BCUT2D eigenvalue weighted by Crippen LogP contribution is 2.24. The molecule has 2 fully saturated rings. The number of ether oxygens (including phenoxy) is 1. The van der Waals surface area contributed by atoms with Crippen molar-refractivity contribution in [2.75, 3.05) is 13.2 Å². The average Bonchev–Trinajstić information content (AvgIpc) is 2.76. The molecule has 94 valence electrons. The van der Waals surface area contributed by atoms with Gasteiger partial charge in [0, 0.05) is 19.2 Å².